The van der Waals surface area contributed by atoms with Crippen molar-refractivity contribution in [2.75, 3.05) is 5.43 Å². The Kier molecular flexibility index (Phi) is 5.84. The maximum atomic E-state index is 13.1. The number of nitrogens with one attached hydrogen (secondary N) is 1. The van der Waals surface area contributed by atoms with Gasteiger partial charge in [0.25, 0.3) is 5.69 Å². The number of non-ortho nitro benzene ring substituents is 1. The monoisotopic (exact) mass is 415 g/mol. The first-order valence-electron chi connectivity index (χ1n) is 9.53. The van der Waals surface area contributed by atoms with Crippen LogP contribution in [0.2, 0.25) is 0 Å². The standard InChI is InChI=1S/C24H18FN3O3/c25-19-11-8-17(9-12-19)16-31-24-13-10-18-4-1-2-7-22(18)23(24)15-26-27-20-5-3-6-21(14-20)28(29)30/h1-15,27H,16H2. The van der Waals surface area contributed by atoms with Crippen LogP contribution >= 0.6 is 0 Å². The number of nitrogens with zero attached hydrogens (tertiary/aromatic N) is 2. The third-order valence-corrected chi connectivity index (χ3v) is 4.68. The minimum atomic E-state index is -0.457. The van der Waals surface area contributed by atoms with E-state index in [0.717, 1.165) is 21.9 Å². The van der Waals surface area contributed by atoms with E-state index >= 15 is 0 Å². The van der Waals surface area contributed by atoms with Crippen molar-refractivity contribution in [2.45, 2.75) is 6.61 Å². The average molecular weight is 415 g/mol. The zero-order valence-corrected chi connectivity index (χ0v) is 16.4. The molecule has 0 aliphatic rings. The summed E-state index contributed by atoms with van der Waals surface area (Å²) in [7, 11) is 0. The van der Waals surface area contributed by atoms with Crippen molar-refractivity contribution in [3.8, 4) is 5.75 Å². The summed E-state index contributed by atoms with van der Waals surface area (Å²) in [4.78, 5) is 10.5. The van der Waals surface area contributed by atoms with Crippen LogP contribution in [-0.4, -0.2) is 11.1 Å². The minimum Gasteiger partial charge on any atom is -0.488 e. The highest BCUT2D eigenvalue weighted by Gasteiger charge is 2.09. The second-order valence-electron chi connectivity index (χ2n) is 6.79. The summed E-state index contributed by atoms with van der Waals surface area (Å²) < 4.78 is 19.1. The van der Waals surface area contributed by atoms with Crippen molar-refractivity contribution in [2.24, 2.45) is 5.10 Å². The fraction of sp³-hybridized carbons (Fsp3) is 0.0417. The van der Waals surface area contributed by atoms with Gasteiger partial charge in [0.05, 0.1) is 16.8 Å². The molecule has 0 radical (unpaired) electrons. The summed E-state index contributed by atoms with van der Waals surface area (Å²) in [6, 6.07) is 23.9. The van der Waals surface area contributed by atoms with Gasteiger partial charge in [-0.15, -0.1) is 0 Å². The third kappa shape index (κ3) is 4.84. The molecule has 0 saturated carbocycles. The molecule has 4 aromatic rings. The van der Waals surface area contributed by atoms with Crippen molar-refractivity contribution in [3.63, 3.8) is 0 Å². The highest BCUT2D eigenvalue weighted by molar-refractivity contribution is 6.02. The first-order chi connectivity index (χ1) is 15.1. The molecule has 0 spiro atoms. The number of hydrogen-bond acceptors (Lipinski definition) is 5. The van der Waals surface area contributed by atoms with E-state index in [-0.39, 0.29) is 18.1 Å². The predicted molar refractivity (Wildman–Crippen MR) is 119 cm³/mol. The molecule has 31 heavy (non-hydrogen) atoms. The van der Waals surface area contributed by atoms with Crippen LogP contribution < -0.4 is 10.2 Å². The molecule has 0 fully saturated rings. The Morgan fingerprint density at radius 1 is 1.00 bits per heavy atom. The maximum absolute atomic E-state index is 13.1. The molecule has 4 aromatic carbocycles. The molecule has 0 amide bonds. The van der Waals surface area contributed by atoms with Crippen molar-refractivity contribution in [1.82, 2.24) is 0 Å². The van der Waals surface area contributed by atoms with Crippen LogP contribution in [0.25, 0.3) is 10.8 Å². The van der Waals surface area contributed by atoms with Crippen LogP contribution in [0.5, 0.6) is 5.75 Å². The van der Waals surface area contributed by atoms with Crippen LogP contribution in [0.1, 0.15) is 11.1 Å². The van der Waals surface area contributed by atoms with E-state index < -0.39 is 4.92 Å². The number of anilines is 1. The average Bonchev–Trinajstić information content (AvgIpc) is 2.79. The molecule has 0 aliphatic heterocycles. The lowest BCUT2D eigenvalue weighted by atomic mass is 10.0. The van der Waals surface area contributed by atoms with E-state index in [9.17, 15) is 14.5 Å². The van der Waals surface area contributed by atoms with Crippen molar-refractivity contribution in [3.05, 3.63) is 112 Å². The molecule has 0 saturated heterocycles. The lowest BCUT2D eigenvalue weighted by Gasteiger charge is -2.12. The van der Waals surface area contributed by atoms with Gasteiger partial charge in [-0.2, -0.15) is 5.10 Å². The molecule has 0 heterocycles. The van der Waals surface area contributed by atoms with Gasteiger partial charge < -0.3 is 4.74 Å². The summed E-state index contributed by atoms with van der Waals surface area (Å²) in [5, 5.41) is 17.2. The Morgan fingerprint density at radius 2 is 1.81 bits per heavy atom. The molecule has 0 aliphatic carbocycles. The maximum Gasteiger partial charge on any atom is 0.271 e. The predicted octanol–water partition coefficient (Wildman–Crippen LogP) is 5.91. The zero-order chi connectivity index (χ0) is 21.6. The Bertz CT molecular complexity index is 1260. The SMILES string of the molecule is O=[N+]([O-])c1cccc(NN=Cc2c(OCc3ccc(F)cc3)ccc3ccccc23)c1. The van der Waals surface area contributed by atoms with E-state index in [1.54, 1.807) is 30.5 Å². The summed E-state index contributed by atoms with van der Waals surface area (Å²) in [5.41, 5.74) is 4.91. The van der Waals surface area contributed by atoms with Gasteiger partial charge >= 0.3 is 0 Å². The van der Waals surface area contributed by atoms with Crippen molar-refractivity contribution < 1.29 is 14.1 Å². The summed E-state index contributed by atoms with van der Waals surface area (Å²) in [5.74, 6) is 0.321. The number of halogens is 1. The second-order valence-corrected chi connectivity index (χ2v) is 6.79. The normalized spacial score (nSPS) is 11.0. The first-order valence-corrected chi connectivity index (χ1v) is 9.53. The Balaban J connectivity index is 1.60. The largest absolute Gasteiger partial charge is 0.488 e. The Labute approximate surface area is 177 Å². The third-order valence-electron chi connectivity index (χ3n) is 4.68. The van der Waals surface area contributed by atoms with E-state index in [4.69, 9.17) is 4.74 Å². The smallest absolute Gasteiger partial charge is 0.271 e. The van der Waals surface area contributed by atoms with Gasteiger partial charge in [0.2, 0.25) is 0 Å². The minimum absolute atomic E-state index is 0.0197. The number of rotatable bonds is 7. The summed E-state index contributed by atoms with van der Waals surface area (Å²) >= 11 is 0. The van der Waals surface area contributed by atoms with E-state index in [1.807, 2.05) is 36.4 Å². The number of fused-ring (bicyclic) bond motifs is 1. The molecular weight excluding hydrogens is 397 g/mol. The Morgan fingerprint density at radius 3 is 2.61 bits per heavy atom. The fourth-order valence-electron chi connectivity index (χ4n) is 3.14. The number of ether oxygens (including phenoxy) is 1. The molecule has 0 aromatic heterocycles. The lowest BCUT2D eigenvalue weighted by Crippen LogP contribution is -2.00. The van der Waals surface area contributed by atoms with Crippen molar-refractivity contribution in [1.29, 1.82) is 0 Å². The van der Waals surface area contributed by atoms with Crippen molar-refractivity contribution >= 4 is 28.4 Å². The number of benzene rings is 4. The van der Waals surface area contributed by atoms with Gasteiger partial charge in [-0.25, -0.2) is 4.39 Å². The van der Waals surface area contributed by atoms with Crippen LogP contribution in [0.4, 0.5) is 15.8 Å². The van der Waals surface area contributed by atoms with Crippen LogP contribution in [0.15, 0.2) is 90.0 Å². The van der Waals surface area contributed by atoms with Crippen LogP contribution in [0, 0.1) is 15.9 Å². The number of nitro groups is 1. The summed E-state index contributed by atoms with van der Waals surface area (Å²) in [6.07, 6.45) is 1.63. The Hall–Kier alpha value is -4.26. The summed E-state index contributed by atoms with van der Waals surface area (Å²) in [6.45, 7) is 0.276. The molecule has 0 atom stereocenters. The van der Waals surface area contributed by atoms with Gasteiger partial charge in [0.15, 0.2) is 0 Å². The molecule has 0 bridgehead atoms. The second kappa shape index (κ2) is 9.04. The zero-order valence-electron chi connectivity index (χ0n) is 16.4. The van der Waals surface area contributed by atoms with Crippen LogP contribution in [-0.2, 0) is 6.61 Å². The fourth-order valence-corrected chi connectivity index (χ4v) is 3.14. The van der Waals surface area contributed by atoms with E-state index in [2.05, 4.69) is 10.5 Å². The highest BCUT2D eigenvalue weighted by atomic mass is 19.1. The highest BCUT2D eigenvalue weighted by Crippen LogP contribution is 2.27. The molecule has 0 unspecified atom stereocenters. The molecule has 1 N–H and O–H groups in total. The molecule has 7 heteroatoms. The van der Waals surface area contributed by atoms with Crippen LogP contribution in [0.3, 0.4) is 0 Å². The first kappa shape index (κ1) is 20.0. The quantitative estimate of drug-likeness (QED) is 0.231. The molecule has 4 rings (SSSR count). The van der Waals surface area contributed by atoms with Gasteiger partial charge in [0, 0.05) is 17.7 Å². The molecule has 6 nitrogen and oxygen atoms in total. The van der Waals surface area contributed by atoms with Gasteiger partial charge in [-0.05, 0) is 40.6 Å². The number of nitro benzene ring substituents is 1. The molecular formula is C24H18FN3O3. The van der Waals surface area contributed by atoms with Gasteiger partial charge in [-0.1, -0.05) is 48.5 Å². The molecule has 154 valence electrons. The topological polar surface area (TPSA) is 76.8 Å². The van der Waals surface area contributed by atoms with E-state index in [0.29, 0.717) is 11.4 Å². The number of hydrazone groups is 1. The van der Waals surface area contributed by atoms with Gasteiger partial charge in [-0.3, -0.25) is 15.5 Å². The lowest BCUT2D eigenvalue weighted by molar-refractivity contribution is -0.384. The number of hydrogen-bond donors (Lipinski definition) is 1. The van der Waals surface area contributed by atoms with E-state index in [1.165, 1.54) is 24.3 Å². The van der Waals surface area contributed by atoms with Gasteiger partial charge in [0.1, 0.15) is 18.2 Å².